The van der Waals surface area contributed by atoms with Crippen molar-refractivity contribution in [3.63, 3.8) is 0 Å². The number of aliphatic hydroxyl groups excluding tert-OH is 1. The number of nitrogens with one attached hydrogen (secondary N) is 2. The van der Waals surface area contributed by atoms with Crippen LogP contribution in [0.3, 0.4) is 0 Å². The van der Waals surface area contributed by atoms with Gasteiger partial charge >= 0.3 is 0 Å². The summed E-state index contributed by atoms with van der Waals surface area (Å²) < 4.78 is 0. The van der Waals surface area contributed by atoms with Gasteiger partial charge in [0.05, 0.1) is 17.2 Å². The molecule has 2 rings (SSSR count). The van der Waals surface area contributed by atoms with E-state index in [2.05, 4.69) is 27.9 Å². The van der Waals surface area contributed by atoms with Gasteiger partial charge in [-0.15, -0.1) is 11.3 Å². The third-order valence-corrected chi connectivity index (χ3v) is 4.26. The number of benzene rings is 1. The van der Waals surface area contributed by atoms with Crippen molar-refractivity contribution in [1.82, 2.24) is 10.3 Å². The number of hydrogen-bond acceptors (Lipinski definition) is 5. The van der Waals surface area contributed by atoms with Crippen LogP contribution in [0.2, 0.25) is 0 Å². The van der Waals surface area contributed by atoms with Crippen LogP contribution in [0.5, 0.6) is 0 Å². The minimum atomic E-state index is -0.117. The van der Waals surface area contributed by atoms with Gasteiger partial charge in [-0.2, -0.15) is 0 Å². The van der Waals surface area contributed by atoms with Gasteiger partial charge in [-0.05, 0) is 43.5 Å². The smallest absolute Gasteiger partial charge is 0.251 e. The molecule has 1 aromatic heterocycles. The van der Waals surface area contributed by atoms with E-state index in [0.29, 0.717) is 25.1 Å². The zero-order chi connectivity index (χ0) is 16.5. The maximum atomic E-state index is 11.9. The topological polar surface area (TPSA) is 74.2 Å². The summed E-state index contributed by atoms with van der Waals surface area (Å²) in [5.74, 6) is -0.117. The second-order valence-corrected chi connectivity index (χ2v) is 6.19. The Labute approximate surface area is 140 Å². The predicted octanol–water partition coefficient (Wildman–Crippen LogP) is 2.82. The van der Waals surface area contributed by atoms with Crippen LogP contribution in [-0.2, 0) is 13.0 Å². The first-order chi connectivity index (χ1) is 11.2. The molecule has 0 unspecified atom stereocenters. The van der Waals surface area contributed by atoms with Gasteiger partial charge < -0.3 is 15.7 Å². The Morgan fingerprint density at radius 1 is 1.30 bits per heavy atom. The fraction of sp³-hybridized carbons (Fsp3) is 0.412. The van der Waals surface area contributed by atoms with E-state index in [4.69, 9.17) is 5.11 Å². The summed E-state index contributed by atoms with van der Waals surface area (Å²) in [5.41, 5.74) is 2.62. The summed E-state index contributed by atoms with van der Waals surface area (Å²) in [7, 11) is 0. The zero-order valence-corrected chi connectivity index (χ0v) is 14.2. The minimum absolute atomic E-state index is 0.0831. The maximum absolute atomic E-state index is 11.9. The lowest BCUT2D eigenvalue weighted by Crippen LogP contribution is -2.24. The third kappa shape index (κ3) is 5.65. The predicted molar refractivity (Wildman–Crippen MR) is 93.9 cm³/mol. The van der Waals surface area contributed by atoms with E-state index in [1.165, 1.54) is 5.01 Å². The second kappa shape index (κ2) is 9.27. The first-order valence-electron chi connectivity index (χ1n) is 7.89. The van der Waals surface area contributed by atoms with Crippen LogP contribution in [0, 0.1) is 0 Å². The van der Waals surface area contributed by atoms with Crippen molar-refractivity contribution in [3.8, 4) is 0 Å². The van der Waals surface area contributed by atoms with Gasteiger partial charge in [0.2, 0.25) is 0 Å². The molecule has 1 heterocycles. The molecule has 0 saturated carbocycles. The molecule has 6 heteroatoms. The summed E-state index contributed by atoms with van der Waals surface area (Å²) in [6.07, 6.45) is 2.71. The average molecular weight is 333 g/mol. The van der Waals surface area contributed by atoms with Crippen molar-refractivity contribution in [2.24, 2.45) is 0 Å². The number of thiazole rings is 1. The largest absolute Gasteiger partial charge is 0.396 e. The maximum Gasteiger partial charge on any atom is 0.251 e. The zero-order valence-electron chi connectivity index (χ0n) is 13.3. The molecule has 0 aliphatic rings. The molecular weight excluding hydrogens is 310 g/mol. The van der Waals surface area contributed by atoms with E-state index in [0.717, 1.165) is 24.2 Å². The third-order valence-electron chi connectivity index (χ3n) is 3.30. The van der Waals surface area contributed by atoms with Gasteiger partial charge in [0.25, 0.3) is 5.91 Å². The molecule has 2 aromatic rings. The Kier molecular flexibility index (Phi) is 7.03. The van der Waals surface area contributed by atoms with Crippen LogP contribution in [0.4, 0.5) is 5.69 Å². The molecule has 1 amide bonds. The number of amides is 1. The molecule has 0 aliphatic heterocycles. The average Bonchev–Trinajstić information content (AvgIpc) is 3.01. The van der Waals surface area contributed by atoms with E-state index in [1.807, 2.05) is 12.1 Å². The van der Waals surface area contributed by atoms with E-state index in [-0.39, 0.29) is 12.5 Å². The molecule has 23 heavy (non-hydrogen) atoms. The summed E-state index contributed by atoms with van der Waals surface area (Å²) in [6.45, 7) is 3.40. The van der Waals surface area contributed by atoms with Crippen LogP contribution in [0.1, 0.15) is 40.8 Å². The van der Waals surface area contributed by atoms with Gasteiger partial charge in [-0.3, -0.25) is 4.79 Å². The monoisotopic (exact) mass is 333 g/mol. The molecule has 0 radical (unpaired) electrons. The lowest BCUT2D eigenvalue weighted by Gasteiger charge is -2.07. The lowest BCUT2D eigenvalue weighted by molar-refractivity contribution is 0.0951. The highest BCUT2D eigenvalue weighted by Gasteiger charge is 2.05. The Balaban J connectivity index is 1.83. The molecule has 0 fully saturated rings. The fourth-order valence-electron chi connectivity index (χ4n) is 2.07. The van der Waals surface area contributed by atoms with Crippen molar-refractivity contribution in [1.29, 1.82) is 0 Å². The molecular formula is C17H23N3O2S. The molecule has 0 spiro atoms. The van der Waals surface area contributed by atoms with Crippen LogP contribution < -0.4 is 10.6 Å². The van der Waals surface area contributed by atoms with Crippen LogP contribution in [-0.4, -0.2) is 29.1 Å². The highest BCUT2D eigenvalue weighted by atomic mass is 32.1. The fourth-order valence-corrected chi connectivity index (χ4v) is 2.97. The number of aliphatic hydroxyl groups is 1. The van der Waals surface area contributed by atoms with Gasteiger partial charge in [-0.25, -0.2) is 4.98 Å². The number of aromatic nitrogens is 1. The van der Waals surface area contributed by atoms with Crippen molar-refractivity contribution >= 4 is 22.9 Å². The number of hydrogen-bond donors (Lipinski definition) is 3. The van der Waals surface area contributed by atoms with E-state index < -0.39 is 0 Å². The van der Waals surface area contributed by atoms with Crippen LogP contribution in [0.25, 0.3) is 0 Å². The van der Waals surface area contributed by atoms with Crippen LogP contribution in [0.15, 0.2) is 29.6 Å². The summed E-state index contributed by atoms with van der Waals surface area (Å²) in [5, 5.41) is 18.0. The minimum Gasteiger partial charge on any atom is -0.396 e. The summed E-state index contributed by atoms with van der Waals surface area (Å²) >= 11 is 1.70. The highest BCUT2D eigenvalue weighted by molar-refractivity contribution is 7.09. The van der Waals surface area contributed by atoms with Gasteiger partial charge in [-0.1, -0.05) is 6.92 Å². The first-order valence-corrected chi connectivity index (χ1v) is 8.77. The van der Waals surface area contributed by atoms with Crippen molar-refractivity contribution < 1.29 is 9.90 Å². The van der Waals surface area contributed by atoms with Crippen molar-refractivity contribution in [2.75, 3.05) is 18.5 Å². The van der Waals surface area contributed by atoms with Crippen molar-refractivity contribution in [3.05, 3.63) is 45.9 Å². The summed E-state index contributed by atoms with van der Waals surface area (Å²) in [4.78, 5) is 16.4. The summed E-state index contributed by atoms with van der Waals surface area (Å²) in [6, 6.07) is 7.36. The Morgan fingerprint density at radius 2 is 2.09 bits per heavy atom. The standard InChI is InChI=1S/C17H23N3O2S/c1-2-4-16-20-15(12-23-16)11-19-14-7-5-13(6-8-14)17(22)18-9-3-10-21/h5-8,12,19,21H,2-4,9-11H2,1H3,(H,18,22). The van der Waals surface area contributed by atoms with E-state index >= 15 is 0 Å². The normalized spacial score (nSPS) is 10.5. The number of carbonyl (C=O) groups is 1. The van der Waals surface area contributed by atoms with Gasteiger partial charge in [0.15, 0.2) is 0 Å². The first kappa shape index (κ1) is 17.4. The second-order valence-electron chi connectivity index (χ2n) is 5.25. The molecule has 5 nitrogen and oxygen atoms in total. The molecule has 0 aliphatic carbocycles. The number of rotatable bonds is 9. The number of carbonyl (C=O) groups excluding carboxylic acids is 1. The van der Waals surface area contributed by atoms with E-state index in [1.54, 1.807) is 23.5 Å². The highest BCUT2D eigenvalue weighted by Crippen LogP contribution is 2.14. The quantitative estimate of drug-likeness (QED) is 0.617. The number of aryl methyl sites for hydroxylation is 1. The molecule has 0 bridgehead atoms. The van der Waals surface area contributed by atoms with Gasteiger partial charge in [0, 0.05) is 29.8 Å². The molecule has 0 saturated heterocycles. The molecule has 0 atom stereocenters. The molecule has 3 N–H and O–H groups in total. The molecule has 1 aromatic carbocycles. The van der Waals surface area contributed by atoms with Crippen molar-refractivity contribution in [2.45, 2.75) is 32.7 Å². The number of nitrogens with zero attached hydrogens (tertiary/aromatic N) is 1. The molecule has 124 valence electrons. The Hall–Kier alpha value is -1.92. The SMILES string of the molecule is CCCc1nc(CNc2ccc(C(=O)NCCCO)cc2)cs1. The number of anilines is 1. The Morgan fingerprint density at radius 3 is 2.78 bits per heavy atom. The van der Waals surface area contributed by atoms with Gasteiger partial charge in [0.1, 0.15) is 0 Å². The Bertz CT molecular complexity index is 611. The van der Waals surface area contributed by atoms with E-state index in [9.17, 15) is 4.79 Å². The van der Waals surface area contributed by atoms with Crippen LogP contribution >= 0.6 is 11.3 Å². The lowest BCUT2D eigenvalue weighted by atomic mass is 10.2.